The number of aromatic nitrogens is 1. The fraction of sp³-hybridized carbons (Fsp3) is 0.267. The molecule has 0 spiro atoms. The summed E-state index contributed by atoms with van der Waals surface area (Å²) in [5, 5.41) is 10.3. The first-order chi connectivity index (χ1) is 8.99. The Kier molecular flexibility index (Phi) is 4.17. The van der Waals surface area contributed by atoms with E-state index in [1.807, 2.05) is 26.0 Å². The summed E-state index contributed by atoms with van der Waals surface area (Å²) in [7, 11) is 0. The molecule has 0 amide bonds. The molecule has 100 valence electrons. The molecular weight excluding hydrogens is 265 g/mol. The largest absolute Gasteiger partial charge is 0.388 e. The first-order valence-corrected chi connectivity index (χ1v) is 6.42. The van der Waals surface area contributed by atoms with Crippen LogP contribution in [0.3, 0.4) is 0 Å². The Morgan fingerprint density at radius 3 is 2.68 bits per heavy atom. The first kappa shape index (κ1) is 14.0. The zero-order valence-corrected chi connectivity index (χ0v) is 11.6. The summed E-state index contributed by atoms with van der Waals surface area (Å²) in [4.78, 5) is 4.31. The van der Waals surface area contributed by atoms with Crippen molar-refractivity contribution in [3.8, 4) is 0 Å². The van der Waals surface area contributed by atoms with Crippen molar-refractivity contribution in [1.82, 2.24) is 4.98 Å². The van der Waals surface area contributed by atoms with Crippen molar-refractivity contribution < 1.29 is 9.50 Å². The minimum Gasteiger partial charge on any atom is -0.388 e. The van der Waals surface area contributed by atoms with Crippen molar-refractivity contribution in [2.45, 2.75) is 26.4 Å². The van der Waals surface area contributed by atoms with E-state index in [1.165, 1.54) is 6.07 Å². The van der Waals surface area contributed by atoms with Crippen molar-refractivity contribution in [1.29, 1.82) is 0 Å². The van der Waals surface area contributed by atoms with Gasteiger partial charge >= 0.3 is 0 Å². The van der Waals surface area contributed by atoms with Crippen molar-refractivity contribution >= 4 is 11.6 Å². The molecule has 4 heteroatoms. The fourth-order valence-corrected chi connectivity index (χ4v) is 2.28. The molecule has 1 atom stereocenters. The molecule has 0 aliphatic rings. The summed E-state index contributed by atoms with van der Waals surface area (Å²) in [5.74, 6) is -0.467. The highest BCUT2D eigenvalue weighted by Gasteiger charge is 2.15. The molecule has 1 aromatic heterocycles. The molecule has 0 radical (unpaired) electrons. The molecule has 0 saturated carbocycles. The average Bonchev–Trinajstić information content (AvgIpc) is 2.34. The molecule has 19 heavy (non-hydrogen) atoms. The Labute approximate surface area is 116 Å². The quantitative estimate of drug-likeness (QED) is 0.928. The van der Waals surface area contributed by atoms with E-state index in [4.69, 9.17) is 11.6 Å². The van der Waals surface area contributed by atoms with Gasteiger partial charge in [0.15, 0.2) is 0 Å². The Balaban J connectivity index is 2.25. The second-order valence-corrected chi connectivity index (χ2v) is 4.94. The number of hydrogen-bond acceptors (Lipinski definition) is 2. The van der Waals surface area contributed by atoms with E-state index < -0.39 is 11.9 Å². The lowest BCUT2D eigenvalue weighted by Gasteiger charge is -2.14. The summed E-state index contributed by atoms with van der Waals surface area (Å²) in [6, 6.07) is 8.29. The van der Waals surface area contributed by atoms with Gasteiger partial charge in [-0.3, -0.25) is 4.98 Å². The second-order valence-electron chi connectivity index (χ2n) is 4.56. The highest BCUT2D eigenvalue weighted by molar-refractivity contribution is 6.31. The van der Waals surface area contributed by atoms with Crippen LogP contribution in [0.5, 0.6) is 0 Å². The normalized spacial score (nSPS) is 12.5. The van der Waals surface area contributed by atoms with Gasteiger partial charge in [-0.15, -0.1) is 0 Å². The third-order valence-corrected chi connectivity index (χ3v) is 3.49. The average molecular weight is 280 g/mol. The molecule has 0 bridgehead atoms. The predicted molar refractivity (Wildman–Crippen MR) is 73.8 cm³/mol. The second kappa shape index (κ2) is 5.68. The minimum atomic E-state index is -0.743. The van der Waals surface area contributed by atoms with Gasteiger partial charge in [-0.05, 0) is 31.5 Å². The van der Waals surface area contributed by atoms with Crippen LogP contribution < -0.4 is 0 Å². The predicted octanol–water partition coefficient (Wildman–Crippen LogP) is 3.77. The lowest BCUT2D eigenvalue weighted by Crippen LogP contribution is -2.06. The maximum Gasteiger partial charge on any atom is 0.142 e. The molecular formula is C15H15ClFNO. The van der Waals surface area contributed by atoms with Crippen LogP contribution in [0.4, 0.5) is 4.39 Å². The van der Waals surface area contributed by atoms with Crippen LogP contribution >= 0.6 is 11.6 Å². The maximum atomic E-state index is 13.3. The minimum absolute atomic E-state index is 0.0688. The van der Waals surface area contributed by atoms with E-state index in [-0.39, 0.29) is 11.4 Å². The maximum absolute atomic E-state index is 13.3. The van der Waals surface area contributed by atoms with Gasteiger partial charge in [-0.25, -0.2) is 4.39 Å². The summed E-state index contributed by atoms with van der Waals surface area (Å²) in [6.07, 6.45) is -0.477. The van der Waals surface area contributed by atoms with Gasteiger partial charge in [0.2, 0.25) is 0 Å². The smallest absolute Gasteiger partial charge is 0.142 e. The van der Waals surface area contributed by atoms with E-state index in [0.717, 1.165) is 17.0 Å². The SMILES string of the molecule is Cc1ccc(C(O)Cc2cccc(F)c2Cl)c(C)n1. The molecule has 0 saturated heterocycles. The van der Waals surface area contributed by atoms with Crippen LogP contribution in [0.25, 0.3) is 0 Å². The number of aliphatic hydroxyl groups excluding tert-OH is 1. The van der Waals surface area contributed by atoms with Gasteiger partial charge in [0.1, 0.15) is 5.82 Å². The summed E-state index contributed by atoms with van der Waals surface area (Å²) in [5.41, 5.74) is 3.01. The number of aryl methyl sites for hydroxylation is 2. The molecule has 2 aromatic rings. The lowest BCUT2D eigenvalue weighted by molar-refractivity contribution is 0.177. The number of benzene rings is 1. The van der Waals surface area contributed by atoms with E-state index in [0.29, 0.717) is 5.56 Å². The van der Waals surface area contributed by atoms with Crippen LogP contribution in [0.1, 0.15) is 28.6 Å². The lowest BCUT2D eigenvalue weighted by atomic mass is 10.00. The number of nitrogens with zero attached hydrogens (tertiary/aromatic N) is 1. The third-order valence-electron chi connectivity index (χ3n) is 3.07. The summed E-state index contributed by atoms with van der Waals surface area (Å²) >= 11 is 5.89. The Bertz CT molecular complexity index is 601. The first-order valence-electron chi connectivity index (χ1n) is 6.04. The van der Waals surface area contributed by atoms with E-state index in [2.05, 4.69) is 4.98 Å². The Hall–Kier alpha value is -1.45. The number of halogens is 2. The van der Waals surface area contributed by atoms with E-state index in [1.54, 1.807) is 12.1 Å². The molecule has 1 heterocycles. The van der Waals surface area contributed by atoms with Crippen molar-refractivity contribution in [3.05, 3.63) is 63.7 Å². The highest BCUT2D eigenvalue weighted by Crippen LogP contribution is 2.26. The topological polar surface area (TPSA) is 33.1 Å². The van der Waals surface area contributed by atoms with Crippen molar-refractivity contribution in [3.63, 3.8) is 0 Å². The van der Waals surface area contributed by atoms with Gasteiger partial charge in [0, 0.05) is 23.4 Å². The van der Waals surface area contributed by atoms with Crippen LogP contribution in [0, 0.1) is 19.7 Å². The number of pyridine rings is 1. The van der Waals surface area contributed by atoms with Gasteiger partial charge in [-0.1, -0.05) is 29.8 Å². The monoisotopic (exact) mass is 279 g/mol. The zero-order chi connectivity index (χ0) is 14.0. The van der Waals surface area contributed by atoms with Crippen LogP contribution in [-0.2, 0) is 6.42 Å². The number of aliphatic hydroxyl groups is 1. The fourth-order valence-electron chi connectivity index (χ4n) is 2.07. The van der Waals surface area contributed by atoms with E-state index in [9.17, 15) is 9.50 Å². The highest BCUT2D eigenvalue weighted by atomic mass is 35.5. The Morgan fingerprint density at radius 2 is 2.00 bits per heavy atom. The molecule has 2 nitrogen and oxygen atoms in total. The number of rotatable bonds is 3. The van der Waals surface area contributed by atoms with Crippen molar-refractivity contribution in [2.24, 2.45) is 0 Å². The molecule has 1 N–H and O–H groups in total. The molecule has 1 unspecified atom stereocenters. The molecule has 0 aliphatic carbocycles. The molecule has 2 rings (SSSR count). The third kappa shape index (κ3) is 3.11. The summed E-state index contributed by atoms with van der Waals surface area (Å²) in [6.45, 7) is 3.74. The molecule has 0 aliphatic heterocycles. The van der Waals surface area contributed by atoms with E-state index >= 15 is 0 Å². The summed E-state index contributed by atoms with van der Waals surface area (Å²) < 4.78 is 13.3. The Morgan fingerprint density at radius 1 is 1.26 bits per heavy atom. The van der Waals surface area contributed by atoms with Crippen LogP contribution in [0.15, 0.2) is 30.3 Å². The van der Waals surface area contributed by atoms with Gasteiger partial charge in [0.05, 0.1) is 11.1 Å². The standard InChI is InChI=1S/C15H15ClFNO/c1-9-6-7-12(10(2)18-9)14(19)8-11-4-3-5-13(17)15(11)16/h3-7,14,19H,8H2,1-2H3. The van der Waals surface area contributed by atoms with Gasteiger partial charge < -0.3 is 5.11 Å². The van der Waals surface area contributed by atoms with Crippen molar-refractivity contribution in [2.75, 3.05) is 0 Å². The molecule has 0 fully saturated rings. The number of hydrogen-bond donors (Lipinski definition) is 1. The molecule has 1 aromatic carbocycles. The van der Waals surface area contributed by atoms with Crippen LogP contribution in [0.2, 0.25) is 5.02 Å². The zero-order valence-electron chi connectivity index (χ0n) is 10.8. The van der Waals surface area contributed by atoms with Gasteiger partial charge in [0.25, 0.3) is 0 Å². The van der Waals surface area contributed by atoms with Crippen LogP contribution in [-0.4, -0.2) is 10.1 Å². The van der Waals surface area contributed by atoms with Gasteiger partial charge in [-0.2, -0.15) is 0 Å².